The van der Waals surface area contributed by atoms with Crippen LogP contribution in [0.2, 0.25) is 0 Å². The Morgan fingerprint density at radius 3 is 2.50 bits per heavy atom. The van der Waals surface area contributed by atoms with Gasteiger partial charge >= 0.3 is 0 Å². The van der Waals surface area contributed by atoms with E-state index in [1.807, 2.05) is 42.8 Å². The lowest BCUT2D eigenvalue weighted by atomic mass is 10.2. The summed E-state index contributed by atoms with van der Waals surface area (Å²) >= 11 is 0. The lowest BCUT2D eigenvalue weighted by molar-refractivity contribution is -0.118. The van der Waals surface area contributed by atoms with E-state index in [0.717, 1.165) is 17.1 Å². The first-order chi connectivity index (χ1) is 12.7. The van der Waals surface area contributed by atoms with Gasteiger partial charge in [0.1, 0.15) is 17.8 Å². The molecule has 0 saturated carbocycles. The molecule has 0 aliphatic carbocycles. The molecule has 2 aromatic carbocycles. The number of carbonyl (C=O) groups excluding carboxylic acids is 1. The molecule has 1 heterocycles. The number of anilines is 1. The van der Waals surface area contributed by atoms with E-state index in [-0.39, 0.29) is 12.5 Å². The van der Waals surface area contributed by atoms with E-state index in [1.165, 1.54) is 0 Å². The van der Waals surface area contributed by atoms with Crippen molar-refractivity contribution in [3.63, 3.8) is 0 Å². The predicted octanol–water partition coefficient (Wildman–Crippen LogP) is 2.90. The third-order valence-electron chi connectivity index (χ3n) is 3.62. The molecular formula is C19H20N4O3. The summed E-state index contributed by atoms with van der Waals surface area (Å²) in [6.07, 6.45) is 1.63. The van der Waals surface area contributed by atoms with Gasteiger partial charge in [-0.15, -0.1) is 10.2 Å². The van der Waals surface area contributed by atoms with Crippen molar-refractivity contribution in [3.8, 4) is 22.9 Å². The summed E-state index contributed by atoms with van der Waals surface area (Å²) in [5, 5.41) is 10.8. The Morgan fingerprint density at radius 2 is 1.85 bits per heavy atom. The summed E-state index contributed by atoms with van der Waals surface area (Å²) < 4.78 is 12.7. The third-order valence-corrected chi connectivity index (χ3v) is 3.62. The maximum atomic E-state index is 12.1. The number of hydrogen-bond donors (Lipinski definition) is 1. The van der Waals surface area contributed by atoms with E-state index in [4.69, 9.17) is 9.47 Å². The first-order valence-electron chi connectivity index (χ1n) is 8.25. The van der Waals surface area contributed by atoms with Crippen molar-refractivity contribution in [1.29, 1.82) is 0 Å². The SMILES string of the molecule is CCOc1ccc(OCC(=O)Nc2cccc(-c3nncn3C)c2)cc1. The molecular weight excluding hydrogens is 332 g/mol. The van der Waals surface area contributed by atoms with Gasteiger partial charge in [0.05, 0.1) is 6.61 Å². The van der Waals surface area contributed by atoms with Crippen molar-refractivity contribution in [2.24, 2.45) is 7.05 Å². The zero-order valence-electron chi connectivity index (χ0n) is 14.7. The minimum Gasteiger partial charge on any atom is -0.494 e. The number of carbonyl (C=O) groups is 1. The van der Waals surface area contributed by atoms with Gasteiger partial charge in [-0.1, -0.05) is 12.1 Å². The number of rotatable bonds is 7. The van der Waals surface area contributed by atoms with E-state index in [2.05, 4.69) is 15.5 Å². The van der Waals surface area contributed by atoms with E-state index in [9.17, 15) is 4.79 Å². The molecule has 0 unspecified atom stereocenters. The number of nitrogens with one attached hydrogen (secondary N) is 1. The van der Waals surface area contributed by atoms with Crippen LogP contribution >= 0.6 is 0 Å². The summed E-state index contributed by atoms with van der Waals surface area (Å²) in [4.78, 5) is 12.1. The van der Waals surface area contributed by atoms with Gasteiger partial charge in [0, 0.05) is 18.3 Å². The van der Waals surface area contributed by atoms with Gasteiger partial charge in [-0.25, -0.2) is 0 Å². The van der Waals surface area contributed by atoms with Crippen LogP contribution in [-0.4, -0.2) is 33.9 Å². The molecule has 1 N–H and O–H groups in total. The predicted molar refractivity (Wildman–Crippen MR) is 98.2 cm³/mol. The lowest BCUT2D eigenvalue weighted by Gasteiger charge is -2.09. The third kappa shape index (κ3) is 4.38. The van der Waals surface area contributed by atoms with Crippen LogP contribution in [0.3, 0.4) is 0 Å². The maximum Gasteiger partial charge on any atom is 0.262 e. The highest BCUT2D eigenvalue weighted by Gasteiger charge is 2.08. The summed E-state index contributed by atoms with van der Waals surface area (Å²) in [5.41, 5.74) is 1.54. The average Bonchev–Trinajstić information content (AvgIpc) is 3.08. The summed E-state index contributed by atoms with van der Waals surface area (Å²) in [6, 6.07) is 14.6. The number of aryl methyl sites for hydroxylation is 1. The summed E-state index contributed by atoms with van der Waals surface area (Å²) in [7, 11) is 1.87. The van der Waals surface area contributed by atoms with Gasteiger partial charge in [0.25, 0.3) is 5.91 Å². The highest BCUT2D eigenvalue weighted by atomic mass is 16.5. The van der Waals surface area contributed by atoms with E-state index in [0.29, 0.717) is 18.0 Å². The fraction of sp³-hybridized carbons (Fsp3) is 0.211. The van der Waals surface area contributed by atoms with Gasteiger partial charge in [-0.05, 0) is 43.3 Å². The van der Waals surface area contributed by atoms with E-state index in [1.54, 1.807) is 30.6 Å². The fourth-order valence-corrected chi connectivity index (χ4v) is 2.43. The molecule has 0 aliphatic rings. The first-order valence-corrected chi connectivity index (χ1v) is 8.25. The number of hydrogen-bond acceptors (Lipinski definition) is 5. The van der Waals surface area contributed by atoms with Crippen molar-refractivity contribution in [2.45, 2.75) is 6.92 Å². The second kappa shape index (κ2) is 8.15. The molecule has 0 fully saturated rings. The van der Waals surface area contributed by atoms with Crippen LogP contribution in [0, 0.1) is 0 Å². The molecule has 1 amide bonds. The molecule has 0 atom stereocenters. The zero-order chi connectivity index (χ0) is 18.4. The standard InChI is InChI=1S/C19H20N4O3/c1-3-25-16-7-9-17(10-8-16)26-12-18(24)21-15-6-4-5-14(11-15)19-22-20-13-23(19)2/h4-11,13H,3,12H2,1-2H3,(H,21,24). The van der Waals surface area contributed by atoms with E-state index < -0.39 is 0 Å². The molecule has 26 heavy (non-hydrogen) atoms. The van der Waals surface area contributed by atoms with Crippen molar-refractivity contribution in [3.05, 3.63) is 54.9 Å². The van der Waals surface area contributed by atoms with Gasteiger partial charge in [-0.2, -0.15) is 0 Å². The van der Waals surface area contributed by atoms with Crippen molar-refractivity contribution in [1.82, 2.24) is 14.8 Å². The molecule has 3 aromatic rings. The van der Waals surface area contributed by atoms with Crippen molar-refractivity contribution >= 4 is 11.6 Å². The highest BCUT2D eigenvalue weighted by molar-refractivity contribution is 5.92. The smallest absolute Gasteiger partial charge is 0.262 e. The summed E-state index contributed by atoms with van der Waals surface area (Å²) in [5.74, 6) is 1.86. The van der Waals surface area contributed by atoms with E-state index >= 15 is 0 Å². The van der Waals surface area contributed by atoms with Crippen LogP contribution in [0.5, 0.6) is 11.5 Å². The Balaban J connectivity index is 1.57. The van der Waals surface area contributed by atoms with Gasteiger partial charge in [0.2, 0.25) is 0 Å². The van der Waals surface area contributed by atoms with Crippen molar-refractivity contribution < 1.29 is 14.3 Å². The van der Waals surface area contributed by atoms with Crippen LogP contribution < -0.4 is 14.8 Å². The second-order valence-corrected chi connectivity index (χ2v) is 5.59. The van der Waals surface area contributed by atoms with Crippen LogP contribution in [0.4, 0.5) is 5.69 Å². The Kier molecular flexibility index (Phi) is 5.48. The zero-order valence-corrected chi connectivity index (χ0v) is 14.7. The normalized spacial score (nSPS) is 10.4. The molecule has 7 nitrogen and oxygen atoms in total. The Bertz CT molecular complexity index is 875. The molecule has 0 aliphatic heterocycles. The van der Waals surface area contributed by atoms with Gasteiger partial charge < -0.3 is 19.4 Å². The highest BCUT2D eigenvalue weighted by Crippen LogP contribution is 2.20. The second-order valence-electron chi connectivity index (χ2n) is 5.59. The van der Waals surface area contributed by atoms with Crippen LogP contribution in [0.1, 0.15) is 6.92 Å². The number of ether oxygens (including phenoxy) is 2. The topological polar surface area (TPSA) is 78.3 Å². The molecule has 3 rings (SSSR count). The summed E-state index contributed by atoms with van der Waals surface area (Å²) in [6.45, 7) is 2.45. The minimum absolute atomic E-state index is 0.0812. The first kappa shape index (κ1) is 17.5. The molecule has 1 aromatic heterocycles. The molecule has 0 radical (unpaired) electrons. The number of nitrogens with zero attached hydrogens (tertiary/aromatic N) is 3. The van der Waals surface area contributed by atoms with Gasteiger partial charge in [0.15, 0.2) is 12.4 Å². The maximum absolute atomic E-state index is 12.1. The number of aromatic nitrogens is 3. The minimum atomic E-state index is -0.242. The monoisotopic (exact) mass is 352 g/mol. The fourth-order valence-electron chi connectivity index (χ4n) is 2.43. The molecule has 0 bridgehead atoms. The average molecular weight is 352 g/mol. The number of benzene rings is 2. The van der Waals surface area contributed by atoms with Crippen molar-refractivity contribution in [2.75, 3.05) is 18.5 Å². The largest absolute Gasteiger partial charge is 0.494 e. The quantitative estimate of drug-likeness (QED) is 0.707. The molecule has 0 spiro atoms. The Morgan fingerprint density at radius 1 is 1.12 bits per heavy atom. The Labute approximate surface area is 151 Å². The van der Waals surface area contributed by atoms with Crippen LogP contribution in [0.25, 0.3) is 11.4 Å². The van der Waals surface area contributed by atoms with Gasteiger partial charge in [-0.3, -0.25) is 4.79 Å². The van der Waals surface area contributed by atoms with Crippen LogP contribution in [0.15, 0.2) is 54.9 Å². The molecule has 0 saturated heterocycles. The lowest BCUT2D eigenvalue weighted by Crippen LogP contribution is -2.20. The Hall–Kier alpha value is -3.35. The molecule has 134 valence electrons. The van der Waals surface area contributed by atoms with Crippen LogP contribution in [-0.2, 0) is 11.8 Å². The molecule has 7 heteroatoms. The number of amides is 1.